The van der Waals surface area contributed by atoms with Gasteiger partial charge in [-0.05, 0) is 88.4 Å². The maximum atomic E-state index is 11.3. The summed E-state index contributed by atoms with van der Waals surface area (Å²) >= 11 is 0. The van der Waals surface area contributed by atoms with Gasteiger partial charge in [-0.1, -0.05) is 121 Å². The van der Waals surface area contributed by atoms with Crippen molar-refractivity contribution in [2.45, 2.75) is 6.92 Å². The Morgan fingerprint density at radius 2 is 1.18 bits per heavy atom. The van der Waals surface area contributed by atoms with Gasteiger partial charge in [0.2, 0.25) is 0 Å². The van der Waals surface area contributed by atoms with Crippen LogP contribution in [0.3, 0.4) is 0 Å². The average molecular weight is 583 g/mol. The van der Waals surface area contributed by atoms with Gasteiger partial charge in [0.05, 0.1) is 6.57 Å². The highest BCUT2D eigenvalue weighted by atomic mass is 16.4. The van der Waals surface area contributed by atoms with Gasteiger partial charge in [-0.2, -0.15) is 0 Å². The Labute approximate surface area is 263 Å². The monoisotopic (exact) mass is 582 g/mol. The standard InChI is InChI=1S/C41H30N2O2/c1-29-14-22-34(23-15-29)43(36-26-18-31(19-27-36)28-40(42-2)41(44)45)35-24-16-30(17-25-35)8-7-13-39-37-11-5-3-9-32(37)20-21-33-10-4-6-12-38(33)39/h3-28H,1H3,(H,44,45). The van der Waals surface area contributed by atoms with Crippen molar-refractivity contribution in [2.24, 2.45) is 0 Å². The lowest BCUT2D eigenvalue weighted by atomic mass is 9.93. The smallest absolute Gasteiger partial charge is 0.333 e. The van der Waals surface area contributed by atoms with Crippen LogP contribution in [-0.2, 0) is 4.79 Å². The molecule has 4 nitrogen and oxygen atoms in total. The summed E-state index contributed by atoms with van der Waals surface area (Å²) in [5.74, 6) is -1.23. The minimum atomic E-state index is -1.23. The molecule has 0 saturated heterocycles. The molecule has 0 bridgehead atoms. The number of carboxylic acid groups (broad SMARTS) is 1. The maximum absolute atomic E-state index is 11.3. The quantitative estimate of drug-likeness (QED) is 0.150. The fourth-order valence-electron chi connectivity index (χ4n) is 5.43. The second-order valence-electron chi connectivity index (χ2n) is 10.7. The average Bonchev–Trinajstić information content (AvgIpc) is 3.23. The SMILES string of the molecule is [C-]#[N+]C(=Cc1ccc(N(c2ccc(C)cc2)c2ccc(C=CC=C3c4ccccc4C=Cc4ccccc43)cc2)cc1)C(=O)O. The fraction of sp³-hybridized carbons (Fsp3) is 0.0244. The molecule has 1 N–H and O–H groups in total. The number of nitrogens with zero attached hydrogens (tertiary/aromatic N) is 2. The number of anilines is 3. The van der Waals surface area contributed by atoms with Crippen molar-refractivity contribution in [3.05, 3.63) is 190 Å². The molecule has 0 fully saturated rings. The van der Waals surface area contributed by atoms with Crippen molar-refractivity contribution in [1.29, 1.82) is 0 Å². The Bertz CT molecular complexity index is 1970. The molecule has 45 heavy (non-hydrogen) atoms. The van der Waals surface area contributed by atoms with E-state index in [2.05, 4.69) is 144 Å². The maximum Gasteiger partial charge on any atom is 0.333 e. The number of carboxylic acids is 1. The Kier molecular flexibility index (Phi) is 8.35. The molecule has 0 atom stereocenters. The zero-order valence-corrected chi connectivity index (χ0v) is 24.8. The van der Waals surface area contributed by atoms with Gasteiger partial charge in [0.15, 0.2) is 0 Å². The number of hydrogen-bond donors (Lipinski definition) is 1. The molecule has 4 heteroatoms. The molecule has 0 saturated carbocycles. The van der Waals surface area contributed by atoms with E-state index in [0.29, 0.717) is 5.56 Å². The molecule has 5 aromatic rings. The van der Waals surface area contributed by atoms with Crippen LogP contribution in [0.2, 0.25) is 0 Å². The minimum absolute atomic E-state index is 0.318. The molecule has 1 aliphatic carbocycles. The van der Waals surface area contributed by atoms with Crippen LogP contribution in [-0.4, -0.2) is 11.1 Å². The summed E-state index contributed by atoms with van der Waals surface area (Å²) in [6, 6.07) is 41.2. The van der Waals surface area contributed by atoms with Gasteiger partial charge < -0.3 is 10.0 Å². The van der Waals surface area contributed by atoms with Crippen molar-refractivity contribution in [3.8, 4) is 0 Å². The summed E-state index contributed by atoms with van der Waals surface area (Å²) in [6.45, 7) is 9.19. The van der Waals surface area contributed by atoms with E-state index in [9.17, 15) is 9.90 Å². The fourth-order valence-corrected chi connectivity index (χ4v) is 5.43. The predicted molar refractivity (Wildman–Crippen MR) is 186 cm³/mol. The second-order valence-corrected chi connectivity index (χ2v) is 10.7. The normalized spacial score (nSPS) is 12.2. The molecule has 0 spiro atoms. The van der Waals surface area contributed by atoms with Crippen molar-refractivity contribution in [3.63, 3.8) is 0 Å². The number of fused-ring (bicyclic) bond motifs is 2. The van der Waals surface area contributed by atoms with Crippen LogP contribution in [0.25, 0.3) is 34.7 Å². The molecule has 0 aromatic heterocycles. The van der Waals surface area contributed by atoms with Crippen LogP contribution in [0.1, 0.15) is 38.9 Å². The summed E-state index contributed by atoms with van der Waals surface area (Å²) in [5, 5.41) is 9.23. The number of carbonyl (C=O) groups is 1. The third-order valence-corrected chi connectivity index (χ3v) is 7.73. The summed E-state index contributed by atoms with van der Waals surface area (Å²) < 4.78 is 0. The van der Waals surface area contributed by atoms with Crippen LogP contribution in [0.5, 0.6) is 0 Å². The lowest BCUT2D eigenvalue weighted by Crippen LogP contribution is -2.09. The van der Waals surface area contributed by atoms with Gasteiger partial charge in [0.25, 0.3) is 5.70 Å². The zero-order valence-electron chi connectivity index (χ0n) is 24.8. The summed E-state index contributed by atoms with van der Waals surface area (Å²) in [5.41, 5.74) is 11.5. The predicted octanol–water partition coefficient (Wildman–Crippen LogP) is 10.4. The Morgan fingerprint density at radius 1 is 0.689 bits per heavy atom. The number of aryl methyl sites for hydroxylation is 1. The van der Waals surface area contributed by atoms with Gasteiger partial charge in [-0.15, -0.1) is 0 Å². The molecule has 5 aromatic carbocycles. The van der Waals surface area contributed by atoms with Crippen LogP contribution >= 0.6 is 0 Å². The second kappa shape index (κ2) is 13.0. The first kappa shape index (κ1) is 28.9. The minimum Gasteiger partial charge on any atom is -0.486 e. The van der Waals surface area contributed by atoms with E-state index in [1.54, 1.807) is 0 Å². The molecule has 1 aliphatic rings. The third-order valence-electron chi connectivity index (χ3n) is 7.73. The molecule has 216 valence electrons. The molecule has 0 heterocycles. The molecule has 0 amide bonds. The molecule has 0 aliphatic heterocycles. The summed E-state index contributed by atoms with van der Waals surface area (Å²) in [4.78, 5) is 16.6. The third kappa shape index (κ3) is 6.44. The molecule has 0 radical (unpaired) electrons. The van der Waals surface area contributed by atoms with Crippen molar-refractivity contribution in [1.82, 2.24) is 0 Å². The van der Waals surface area contributed by atoms with Crippen molar-refractivity contribution in [2.75, 3.05) is 4.90 Å². The Hall–Kier alpha value is -6.18. The van der Waals surface area contributed by atoms with E-state index < -0.39 is 5.97 Å². The number of aliphatic carboxylic acids is 1. The highest BCUT2D eigenvalue weighted by Gasteiger charge is 2.15. The van der Waals surface area contributed by atoms with Crippen molar-refractivity contribution < 1.29 is 9.90 Å². The highest BCUT2D eigenvalue weighted by molar-refractivity contribution is 5.95. The molecular formula is C41H30N2O2. The number of allylic oxidation sites excluding steroid dienone is 2. The molecular weight excluding hydrogens is 552 g/mol. The number of rotatable bonds is 7. The van der Waals surface area contributed by atoms with Crippen molar-refractivity contribution >= 4 is 52.9 Å². The van der Waals surface area contributed by atoms with Crippen LogP contribution < -0.4 is 4.90 Å². The van der Waals surface area contributed by atoms with Gasteiger partial charge in [-0.3, -0.25) is 4.79 Å². The van der Waals surface area contributed by atoms with Crippen LogP contribution in [0.4, 0.5) is 17.1 Å². The van der Waals surface area contributed by atoms with Gasteiger partial charge in [0.1, 0.15) is 0 Å². The van der Waals surface area contributed by atoms with Crippen LogP contribution in [0, 0.1) is 13.5 Å². The van der Waals surface area contributed by atoms with Crippen LogP contribution in [0.15, 0.2) is 139 Å². The summed E-state index contributed by atoms with van der Waals surface area (Å²) in [7, 11) is 0. The first-order chi connectivity index (χ1) is 22.0. The lowest BCUT2D eigenvalue weighted by molar-refractivity contribution is -0.132. The lowest BCUT2D eigenvalue weighted by Gasteiger charge is -2.26. The Balaban J connectivity index is 1.31. The number of hydrogen-bond acceptors (Lipinski definition) is 2. The first-order valence-electron chi connectivity index (χ1n) is 14.6. The zero-order chi connectivity index (χ0) is 31.2. The molecule has 0 unspecified atom stereocenters. The van der Waals surface area contributed by atoms with E-state index in [0.717, 1.165) is 22.6 Å². The molecule has 6 rings (SSSR count). The van der Waals surface area contributed by atoms with E-state index in [1.807, 2.05) is 24.3 Å². The van der Waals surface area contributed by atoms with Gasteiger partial charge in [0, 0.05) is 17.1 Å². The highest BCUT2D eigenvalue weighted by Crippen LogP contribution is 2.36. The topological polar surface area (TPSA) is 44.9 Å². The Morgan fingerprint density at radius 3 is 1.69 bits per heavy atom. The number of benzene rings is 5. The van der Waals surface area contributed by atoms with E-state index in [4.69, 9.17) is 6.57 Å². The first-order valence-corrected chi connectivity index (χ1v) is 14.6. The van der Waals surface area contributed by atoms with Gasteiger partial charge >= 0.3 is 5.97 Å². The largest absolute Gasteiger partial charge is 0.486 e. The van der Waals surface area contributed by atoms with E-state index >= 15 is 0 Å². The van der Waals surface area contributed by atoms with E-state index in [1.165, 1.54) is 39.5 Å². The summed E-state index contributed by atoms with van der Waals surface area (Å²) in [6.07, 6.45) is 12.2. The van der Waals surface area contributed by atoms with E-state index in [-0.39, 0.29) is 5.70 Å². The van der Waals surface area contributed by atoms with Gasteiger partial charge in [-0.25, -0.2) is 4.85 Å².